The zero-order valence-electron chi connectivity index (χ0n) is 11.3. The number of hydrogen-bond acceptors (Lipinski definition) is 5. The third-order valence-electron chi connectivity index (χ3n) is 2.92. The molecule has 7 heteroatoms. The van der Waals surface area contributed by atoms with Crippen LogP contribution < -0.4 is 10.5 Å². The van der Waals surface area contributed by atoms with Crippen LogP contribution in [-0.4, -0.2) is 9.91 Å². The maximum Gasteiger partial charge on any atom is 0.312 e. The van der Waals surface area contributed by atoms with Gasteiger partial charge in [0.05, 0.1) is 16.8 Å². The summed E-state index contributed by atoms with van der Waals surface area (Å²) in [5.41, 5.74) is 6.53. The highest BCUT2D eigenvalue weighted by Gasteiger charge is 2.16. The summed E-state index contributed by atoms with van der Waals surface area (Å²) in [6, 6.07) is 7.94. The summed E-state index contributed by atoms with van der Waals surface area (Å²) < 4.78 is 6.14. The molecule has 0 unspecified atom stereocenters. The largest absolute Gasteiger partial charge is 0.449 e. The van der Waals surface area contributed by atoms with Crippen LogP contribution in [0.1, 0.15) is 25.1 Å². The van der Waals surface area contributed by atoms with Crippen LogP contribution in [0.25, 0.3) is 0 Å². The molecule has 0 fully saturated rings. The lowest BCUT2D eigenvalue weighted by molar-refractivity contribution is -0.385. The van der Waals surface area contributed by atoms with Gasteiger partial charge in [-0.3, -0.25) is 15.1 Å². The molecular formula is C14H14BrN3O3. The zero-order valence-corrected chi connectivity index (χ0v) is 12.9. The average Bonchev–Trinajstić information content (AvgIpc) is 2.49. The molecule has 2 rings (SSSR count). The first-order valence-electron chi connectivity index (χ1n) is 6.34. The molecule has 0 aliphatic carbocycles. The van der Waals surface area contributed by atoms with Crippen LogP contribution >= 0.6 is 15.9 Å². The first-order valence-corrected chi connectivity index (χ1v) is 7.14. The number of halogens is 1. The fraction of sp³-hybridized carbons (Fsp3) is 0.214. The molecule has 2 N–H and O–H groups in total. The number of nitrogens with two attached hydrogens (primary N) is 1. The van der Waals surface area contributed by atoms with E-state index in [9.17, 15) is 10.1 Å². The Morgan fingerprint density at radius 1 is 1.43 bits per heavy atom. The third-order valence-corrected chi connectivity index (χ3v) is 3.42. The van der Waals surface area contributed by atoms with Crippen molar-refractivity contribution in [3.63, 3.8) is 0 Å². The van der Waals surface area contributed by atoms with Crippen LogP contribution in [0.5, 0.6) is 11.5 Å². The number of ether oxygens (including phenoxy) is 1. The van der Waals surface area contributed by atoms with Crippen molar-refractivity contribution in [2.45, 2.75) is 19.4 Å². The Kier molecular flexibility index (Phi) is 4.87. The van der Waals surface area contributed by atoms with Gasteiger partial charge in [-0.05, 0) is 30.7 Å². The zero-order chi connectivity index (χ0) is 15.4. The minimum Gasteiger partial charge on any atom is -0.449 e. The second-order valence-corrected chi connectivity index (χ2v) is 5.32. The first kappa shape index (κ1) is 15.4. The lowest BCUT2D eigenvalue weighted by Gasteiger charge is -2.10. The van der Waals surface area contributed by atoms with Gasteiger partial charge in [-0.1, -0.05) is 22.9 Å². The van der Waals surface area contributed by atoms with Crippen LogP contribution in [0, 0.1) is 10.1 Å². The predicted molar refractivity (Wildman–Crippen MR) is 82.3 cm³/mol. The van der Waals surface area contributed by atoms with Crippen LogP contribution in [0.3, 0.4) is 0 Å². The highest BCUT2D eigenvalue weighted by molar-refractivity contribution is 9.10. The van der Waals surface area contributed by atoms with Gasteiger partial charge in [0.1, 0.15) is 5.75 Å². The van der Waals surface area contributed by atoms with Crippen molar-refractivity contribution in [2.75, 3.05) is 0 Å². The third kappa shape index (κ3) is 3.77. The van der Waals surface area contributed by atoms with Gasteiger partial charge in [0.15, 0.2) is 0 Å². The summed E-state index contributed by atoms with van der Waals surface area (Å²) >= 11 is 3.20. The molecule has 0 aliphatic rings. The van der Waals surface area contributed by atoms with E-state index >= 15 is 0 Å². The van der Waals surface area contributed by atoms with Crippen molar-refractivity contribution < 1.29 is 9.66 Å². The van der Waals surface area contributed by atoms with E-state index in [1.807, 2.05) is 6.92 Å². The van der Waals surface area contributed by atoms with Crippen LogP contribution in [-0.2, 0) is 0 Å². The lowest BCUT2D eigenvalue weighted by atomic mass is 10.1. The monoisotopic (exact) mass is 351 g/mol. The van der Waals surface area contributed by atoms with E-state index in [0.29, 0.717) is 10.2 Å². The number of pyridine rings is 1. The molecule has 0 saturated carbocycles. The average molecular weight is 352 g/mol. The van der Waals surface area contributed by atoms with Gasteiger partial charge in [0.25, 0.3) is 0 Å². The van der Waals surface area contributed by atoms with Gasteiger partial charge < -0.3 is 10.5 Å². The van der Waals surface area contributed by atoms with Gasteiger partial charge in [0, 0.05) is 16.6 Å². The number of nitro groups is 1. The minimum atomic E-state index is -0.491. The van der Waals surface area contributed by atoms with Gasteiger partial charge in [-0.2, -0.15) is 0 Å². The van der Waals surface area contributed by atoms with Gasteiger partial charge in [-0.25, -0.2) is 0 Å². The highest BCUT2D eigenvalue weighted by Crippen LogP contribution is 2.33. The second kappa shape index (κ2) is 6.64. The molecule has 2 aromatic rings. The Bertz CT molecular complexity index is 646. The van der Waals surface area contributed by atoms with Crippen molar-refractivity contribution in [3.05, 3.63) is 56.8 Å². The SMILES string of the molecule is CC[C@H](N)c1ccc(Oc2ccc(Br)cc2[N+](=O)[O-])cn1. The lowest BCUT2D eigenvalue weighted by Crippen LogP contribution is -2.10. The van der Waals surface area contributed by atoms with E-state index in [1.54, 1.807) is 18.2 Å². The van der Waals surface area contributed by atoms with Crippen molar-refractivity contribution in [3.8, 4) is 11.5 Å². The highest BCUT2D eigenvalue weighted by atomic mass is 79.9. The predicted octanol–water partition coefficient (Wildman–Crippen LogP) is 3.95. The second-order valence-electron chi connectivity index (χ2n) is 4.40. The molecule has 6 nitrogen and oxygen atoms in total. The molecule has 1 heterocycles. The molecule has 0 saturated heterocycles. The summed E-state index contributed by atoms with van der Waals surface area (Å²) in [5, 5.41) is 11.0. The molecule has 0 bridgehead atoms. The fourth-order valence-corrected chi connectivity index (χ4v) is 2.08. The minimum absolute atomic E-state index is 0.112. The quantitative estimate of drug-likeness (QED) is 0.650. The van der Waals surface area contributed by atoms with E-state index in [2.05, 4.69) is 20.9 Å². The maximum absolute atomic E-state index is 11.0. The Labute approximate surface area is 130 Å². The summed E-state index contributed by atoms with van der Waals surface area (Å²) in [6.45, 7) is 1.97. The fourth-order valence-electron chi connectivity index (χ4n) is 1.73. The van der Waals surface area contributed by atoms with Gasteiger partial charge in [0.2, 0.25) is 5.75 Å². The van der Waals surface area contributed by atoms with Crippen molar-refractivity contribution in [1.82, 2.24) is 4.98 Å². The normalized spacial score (nSPS) is 12.0. The van der Waals surface area contributed by atoms with E-state index < -0.39 is 4.92 Å². The molecule has 1 atom stereocenters. The molecule has 0 aliphatic heterocycles. The topological polar surface area (TPSA) is 91.3 Å². The van der Waals surface area contributed by atoms with Crippen molar-refractivity contribution >= 4 is 21.6 Å². The standard InChI is InChI=1S/C14H14BrN3O3/c1-2-11(16)12-5-4-10(8-17-12)21-14-6-3-9(15)7-13(14)18(19)20/h3-8,11H,2,16H2,1H3/t11-/m0/s1. The first-order chi connectivity index (χ1) is 10.0. The van der Waals surface area contributed by atoms with Gasteiger partial charge in [-0.15, -0.1) is 0 Å². The van der Waals surface area contributed by atoms with Crippen molar-refractivity contribution in [2.24, 2.45) is 5.73 Å². The molecule has 21 heavy (non-hydrogen) atoms. The Balaban J connectivity index is 2.24. The number of benzene rings is 1. The van der Waals surface area contributed by atoms with Crippen LogP contribution in [0.4, 0.5) is 5.69 Å². The molecule has 110 valence electrons. The maximum atomic E-state index is 11.0. The van der Waals surface area contributed by atoms with E-state index in [0.717, 1.165) is 12.1 Å². The number of rotatable bonds is 5. The van der Waals surface area contributed by atoms with Gasteiger partial charge >= 0.3 is 5.69 Å². The number of hydrogen-bond donors (Lipinski definition) is 1. The smallest absolute Gasteiger partial charge is 0.312 e. The molecule has 1 aromatic heterocycles. The van der Waals surface area contributed by atoms with E-state index in [4.69, 9.17) is 10.5 Å². The number of nitrogens with zero attached hydrogens (tertiary/aromatic N) is 2. The molecule has 0 radical (unpaired) electrons. The summed E-state index contributed by atoms with van der Waals surface area (Å²) in [6.07, 6.45) is 2.29. The van der Waals surface area contributed by atoms with E-state index in [-0.39, 0.29) is 17.5 Å². The van der Waals surface area contributed by atoms with E-state index in [1.165, 1.54) is 18.3 Å². The summed E-state index contributed by atoms with van der Waals surface area (Å²) in [7, 11) is 0. The summed E-state index contributed by atoms with van der Waals surface area (Å²) in [4.78, 5) is 14.7. The Hall–Kier alpha value is -1.99. The Morgan fingerprint density at radius 3 is 2.76 bits per heavy atom. The van der Waals surface area contributed by atoms with Crippen LogP contribution in [0.15, 0.2) is 41.0 Å². The number of aromatic nitrogens is 1. The molecule has 1 aromatic carbocycles. The molecular weight excluding hydrogens is 338 g/mol. The Morgan fingerprint density at radius 2 is 2.19 bits per heavy atom. The molecule has 0 amide bonds. The number of nitro benzene ring substituents is 1. The summed E-state index contributed by atoms with van der Waals surface area (Å²) in [5.74, 6) is 0.588. The van der Waals surface area contributed by atoms with Crippen LogP contribution in [0.2, 0.25) is 0 Å². The van der Waals surface area contributed by atoms with Crippen molar-refractivity contribution in [1.29, 1.82) is 0 Å². The molecule has 0 spiro atoms.